The molecule has 0 aliphatic heterocycles. The summed E-state index contributed by atoms with van der Waals surface area (Å²) in [4.78, 5) is 0. The summed E-state index contributed by atoms with van der Waals surface area (Å²) in [6.07, 6.45) is 0. The second-order valence-electron chi connectivity index (χ2n) is 3.76. The molecule has 0 atom stereocenters. The topological polar surface area (TPSA) is 56.7 Å². The molecule has 2 N–H and O–H groups in total. The molecule has 1 aromatic carbocycles. The zero-order valence-electron chi connectivity index (χ0n) is 8.88. The third kappa shape index (κ3) is 1.70. The fourth-order valence-corrected chi connectivity index (χ4v) is 1.47. The molecule has 0 fully saturated rings. The van der Waals surface area contributed by atoms with Gasteiger partial charge in [-0.1, -0.05) is 37.3 Å². The lowest BCUT2D eigenvalue weighted by Gasteiger charge is -2.04. The average Bonchev–Trinajstić information content (AvgIpc) is 2.61. The molecule has 0 saturated carbocycles. The number of anilines is 1. The zero-order valence-corrected chi connectivity index (χ0v) is 8.88. The first-order valence-electron chi connectivity index (χ1n) is 4.96. The highest BCUT2D eigenvalue weighted by molar-refractivity contribution is 5.44. The molecule has 0 unspecified atom stereocenters. The SMILES string of the molecule is CC(C)c1nnn(-c2ccccc2)c1N. The molecule has 15 heavy (non-hydrogen) atoms. The van der Waals surface area contributed by atoms with Crippen molar-refractivity contribution in [3.63, 3.8) is 0 Å². The van der Waals surface area contributed by atoms with Crippen LogP contribution in [0.4, 0.5) is 5.82 Å². The molecule has 0 spiro atoms. The maximum Gasteiger partial charge on any atom is 0.151 e. The normalized spacial score (nSPS) is 10.9. The molecule has 2 rings (SSSR count). The second-order valence-corrected chi connectivity index (χ2v) is 3.76. The minimum absolute atomic E-state index is 0.294. The second kappa shape index (κ2) is 3.73. The van der Waals surface area contributed by atoms with Crippen molar-refractivity contribution >= 4 is 5.82 Å². The van der Waals surface area contributed by atoms with E-state index in [1.54, 1.807) is 4.68 Å². The molecule has 4 heteroatoms. The van der Waals surface area contributed by atoms with Gasteiger partial charge in [-0.15, -0.1) is 5.10 Å². The molecule has 1 heterocycles. The van der Waals surface area contributed by atoms with Crippen LogP contribution in [-0.2, 0) is 0 Å². The van der Waals surface area contributed by atoms with Crippen LogP contribution in [0, 0.1) is 0 Å². The van der Waals surface area contributed by atoms with E-state index in [4.69, 9.17) is 5.73 Å². The molecule has 0 radical (unpaired) electrons. The third-order valence-corrected chi connectivity index (χ3v) is 2.28. The Kier molecular flexibility index (Phi) is 2.41. The van der Waals surface area contributed by atoms with Crippen molar-refractivity contribution in [1.29, 1.82) is 0 Å². The lowest BCUT2D eigenvalue weighted by Crippen LogP contribution is -2.03. The summed E-state index contributed by atoms with van der Waals surface area (Å²) < 4.78 is 1.66. The van der Waals surface area contributed by atoms with Gasteiger partial charge in [0, 0.05) is 5.92 Å². The van der Waals surface area contributed by atoms with Gasteiger partial charge in [0.1, 0.15) is 5.69 Å². The number of para-hydroxylation sites is 1. The first kappa shape index (κ1) is 9.71. The van der Waals surface area contributed by atoms with Gasteiger partial charge in [0.15, 0.2) is 5.82 Å². The molecule has 4 nitrogen and oxygen atoms in total. The van der Waals surface area contributed by atoms with E-state index in [-0.39, 0.29) is 0 Å². The Balaban J connectivity index is 2.47. The zero-order chi connectivity index (χ0) is 10.8. The van der Waals surface area contributed by atoms with Crippen LogP contribution in [0.25, 0.3) is 5.69 Å². The predicted molar refractivity (Wildman–Crippen MR) is 59.9 cm³/mol. The van der Waals surface area contributed by atoms with Crippen LogP contribution in [0.3, 0.4) is 0 Å². The molecule has 2 aromatic rings. The van der Waals surface area contributed by atoms with Crippen molar-refractivity contribution in [2.45, 2.75) is 19.8 Å². The number of hydrogen-bond donors (Lipinski definition) is 1. The van der Waals surface area contributed by atoms with Crippen LogP contribution < -0.4 is 5.73 Å². The Labute approximate surface area is 88.7 Å². The highest BCUT2D eigenvalue weighted by atomic mass is 15.5. The summed E-state index contributed by atoms with van der Waals surface area (Å²) in [7, 11) is 0. The molecular formula is C11H14N4. The van der Waals surface area contributed by atoms with Gasteiger partial charge in [-0.3, -0.25) is 0 Å². The number of nitrogens with two attached hydrogens (primary N) is 1. The fourth-order valence-electron chi connectivity index (χ4n) is 1.47. The number of benzene rings is 1. The summed E-state index contributed by atoms with van der Waals surface area (Å²) in [5.74, 6) is 0.915. The van der Waals surface area contributed by atoms with E-state index in [2.05, 4.69) is 24.2 Å². The van der Waals surface area contributed by atoms with Crippen molar-refractivity contribution in [3.05, 3.63) is 36.0 Å². The van der Waals surface area contributed by atoms with Gasteiger partial charge in [-0.05, 0) is 12.1 Å². The minimum Gasteiger partial charge on any atom is -0.382 e. The van der Waals surface area contributed by atoms with Crippen molar-refractivity contribution in [3.8, 4) is 5.69 Å². The summed E-state index contributed by atoms with van der Waals surface area (Å²) >= 11 is 0. The van der Waals surface area contributed by atoms with Crippen LogP contribution in [0.2, 0.25) is 0 Å². The van der Waals surface area contributed by atoms with Crippen LogP contribution in [0.5, 0.6) is 0 Å². The van der Waals surface area contributed by atoms with E-state index in [0.717, 1.165) is 11.4 Å². The average molecular weight is 202 g/mol. The number of nitrogen functional groups attached to an aromatic ring is 1. The Morgan fingerprint density at radius 1 is 1.20 bits per heavy atom. The Morgan fingerprint density at radius 3 is 2.40 bits per heavy atom. The predicted octanol–water partition coefficient (Wildman–Crippen LogP) is 1.97. The molecule has 0 aliphatic rings. The molecule has 78 valence electrons. The van der Waals surface area contributed by atoms with Crippen LogP contribution in [0.15, 0.2) is 30.3 Å². The van der Waals surface area contributed by atoms with Crippen molar-refractivity contribution in [1.82, 2.24) is 15.0 Å². The number of aromatic nitrogens is 3. The maximum atomic E-state index is 5.97. The van der Waals surface area contributed by atoms with Gasteiger partial charge < -0.3 is 5.73 Å². The van der Waals surface area contributed by atoms with E-state index >= 15 is 0 Å². The largest absolute Gasteiger partial charge is 0.382 e. The van der Waals surface area contributed by atoms with Crippen LogP contribution in [0.1, 0.15) is 25.5 Å². The van der Waals surface area contributed by atoms with Gasteiger partial charge in [0.25, 0.3) is 0 Å². The number of rotatable bonds is 2. The van der Waals surface area contributed by atoms with Crippen molar-refractivity contribution in [2.24, 2.45) is 0 Å². The highest BCUT2D eigenvalue weighted by Gasteiger charge is 2.13. The van der Waals surface area contributed by atoms with E-state index in [1.807, 2.05) is 30.3 Å². The quantitative estimate of drug-likeness (QED) is 0.810. The van der Waals surface area contributed by atoms with E-state index in [1.165, 1.54) is 0 Å². The first-order valence-corrected chi connectivity index (χ1v) is 4.96. The summed E-state index contributed by atoms with van der Waals surface area (Å²) in [5.41, 5.74) is 7.76. The maximum absolute atomic E-state index is 5.97. The van der Waals surface area contributed by atoms with Crippen molar-refractivity contribution < 1.29 is 0 Å². The Morgan fingerprint density at radius 2 is 1.87 bits per heavy atom. The van der Waals surface area contributed by atoms with Gasteiger partial charge in [-0.25, -0.2) is 0 Å². The Hall–Kier alpha value is -1.84. The van der Waals surface area contributed by atoms with Gasteiger partial charge in [-0.2, -0.15) is 4.68 Å². The molecule has 0 amide bonds. The standard InChI is InChI=1S/C11H14N4/c1-8(2)10-11(12)15(14-13-10)9-6-4-3-5-7-9/h3-8H,12H2,1-2H3. The highest BCUT2D eigenvalue weighted by Crippen LogP contribution is 2.20. The van der Waals surface area contributed by atoms with E-state index in [0.29, 0.717) is 11.7 Å². The smallest absolute Gasteiger partial charge is 0.151 e. The minimum atomic E-state index is 0.294. The lowest BCUT2D eigenvalue weighted by molar-refractivity contribution is 0.776. The van der Waals surface area contributed by atoms with Gasteiger partial charge >= 0.3 is 0 Å². The molecule has 0 bridgehead atoms. The van der Waals surface area contributed by atoms with Crippen LogP contribution in [-0.4, -0.2) is 15.0 Å². The first-order chi connectivity index (χ1) is 7.20. The molecular weight excluding hydrogens is 188 g/mol. The summed E-state index contributed by atoms with van der Waals surface area (Å²) in [5, 5.41) is 8.13. The monoisotopic (exact) mass is 202 g/mol. The molecule has 0 saturated heterocycles. The van der Waals surface area contributed by atoms with Gasteiger partial charge in [0.05, 0.1) is 5.69 Å². The van der Waals surface area contributed by atoms with Crippen LogP contribution >= 0.6 is 0 Å². The number of hydrogen-bond acceptors (Lipinski definition) is 3. The third-order valence-electron chi connectivity index (χ3n) is 2.28. The summed E-state index contributed by atoms with van der Waals surface area (Å²) in [6, 6.07) is 9.77. The van der Waals surface area contributed by atoms with E-state index in [9.17, 15) is 0 Å². The van der Waals surface area contributed by atoms with Gasteiger partial charge in [0.2, 0.25) is 0 Å². The lowest BCUT2D eigenvalue weighted by atomic mass is 10.1. The van der Waals surface area contributed by atoms with Crippen molar-refractivity contribution in [2.75, 3.05) is 5.73 Å². The summed E-state index contributed by atoms with van der Waals surface area (Å²) in [6.45, 7) is 4.10. The fraction of sp³-hybridized carbons (Fsp3) is 0.273. The molecule has 1 aromatic heterocycles. The number of nitrogens with zero attached hydrogens (tertiary/aromatic N) is 3. The molecule has 0 aliphatic carbocycles. The van der Waals surface area contributed by atoms with E-state index < -0.39 is 0 Å². The Bertz CT molecular complexity index is 445.